The van der Waals surface area contributed by atoms with E-state index in [4.69, 9.17) is 0 Å². The number of hydrogen-bond acceptors (Lipinski definition) is 5. The highest BCUT2D eigenvalue weighted by atomic mass is 32.1. The molecule has 1 fully saturated rings. The highest BCUT2D eigenvalue weighted by molar-refractivity contribution is 7.07. The van der Waals surface area contributed by atoms with Crippen LogP contribution in [0.15, 0.2) is 65.5 Å². The van der Waals surface area contributed by atoms with Crippen molar-refractivity contribution in [3.8, 4) is 0 Å². The number of nitrogens with zero attached hydrogens (tertiary/aromatic N) is 3. The summed E-state index contributed by atoms with van der Waals surface area (Å²) in [5.41, 5.74) is 6.02. The SMILES string of the molecule is CN(Cc1cccc(NC(=O)C(c2ccccc2)N2CCCC2)c1)Cc1cscn1. The molecule has 0 radical (unpaired) electrons. The van der Waals surface area contributed by atoms with Crippen LogP contribution in [-0.2, 0) is 17.9 Å². The molecule has 0 bridgehead atoms. The predicted molar refractivity (Wildman–Crippen MR) is 122 cm³/mol. The maximum absolute atomic E-state index is 13.3. The van der Waals surface area contributed by atoms with Crippen molar-refractivity contribution in [1.82, 2.24) is 14.8 Å². The second-order valence-electron chi connectivity index (χ2n) is 7.90. The second-order valence-corrected chi connectivity index (χ2v) is 8.62. The molecule has 1 aromatic heterocycles. The molecule has 1 N–H and O–H groups in total. The predicted octanol–water partition coefficient (Wildman–Crippen LogP) is 4.55. The molecular weight excluding hydrogens is 392 g/mol. The van der Waals surface area contributed by atoms with Crippen LogP contribution in [0.25, 0.3) is 0 Å². The Morgan fingerprint density at radius 3 is 2.67 bits per heavy atom. The van der Waals surface area contributed by atoms with E-state index in [1.165, 1.54) is 5.56 Å². The second kappa shape index (κ2) is 9.98. The third-order valence-electron chi connectivity index (χ3n) is 5.43. The number of benzene rings is 2. The molecule has 2 heterocycles. The normalized spacial score (nSPS) is 15.4. The van der Waals surface area contributed by atoms with Crippen LogP contribution in [0.1, 0.15) is 35.7 Å². The van der Waals surface area contributed by atoms with Crippen molar-refractivity contribution in [2.75, 3.05) is 25.5 Å². The van der Waals surface area contributed by atoms with Gasteiger partial charge in [0.15, 0.2) is 0 Å². The summed E-state index contributed by atoms with van der Waals surface area (Å²) in [5, 5.41) is 5.25. The summed E-state index contributed by atoms with van der Waals surface area (Å²) in [7, 11) is 2.09. The van der Waals surface area contributed by atoms with E-state index in [0.29, 0.717) is 0 Å². The Labute approximate surface area is 182 Å². The quantitative estimate of drug-likeness (QED) is 0.581. The Morgan fingerprint density at radius 1 is 1.13 bits per heavy atom. The summed E-state index contributed by atoms with van der Waals surface area (Å²) in [5.74, 6) is 0.0380. The van der Waals surface area contributed by atoms with Gasteiger partial charge in [-0.2, -0.15) is 0 Å². The minimum absolute atomic E-state index is 0.0380. The molecule has 1 amide bonds. The van der Waals surface area contributed by atoms with Gasteiger partial charge in [-0.3, -0.25) is 14.6 Å². The number of nitrogens with one attached hydrogen (secondary N) is 1. The molecular formula is C24H28N4OS. The fraction of sp³-hybridized carbons (Fsp3) is 0.333. The average Bonchev–Trinajstić information content (AvgIpc) is 3.44. The van der Waals surface area contributed by atoms with Crippen molar-refractivity contribution in [2.24, 2.45) is 0 Å². The van der Waals surface area contributed by atoms with Gasteiger partial charge >= 0.3 is 0 Å². The van der Waals surface area contributed by atoms with E-state index in [2.05, 4.69) is 44.7 Å². The van der Waals surface area contributed by atoms with Crippen LogP contribution in [0, 0.1) is 0 Å². The molecule has 0 aliphatic carbocycles. The zero-order valence-corrected chi connectivity index (χ0v) is 18.1. The van der Waals surface area contributed by atoms with Crippen molar-refractivity contribution in [1.29, 1.82) is 0 Å². The Morgan fingerprint density at radius 2 is 1.93 bits per heavy atom. The maximum Gasteiger partial charge on any atom is 0.246 e. The number of likely N-dealkylation sites (tertiary alicyclic amines) is 1. The molecule has 3 aromatic rings. The molecule has 156 valence electrons. The molecule has 6 heteroatoms. The lowest BCUT2D eigenvalue weighted by Gasteiger charge is -2.27. The monoisotopic (exact) mass is 420 g/mol. The number of rotatable bonds is 8. The van der Waals surface area contributed by atoms with Gasteiger partial charge in [-0.25, -0.2) is 4.98 Å². The molecule has 4 rings (SSSR count). The highest BCUT2D eigenvalue weighted by Gasteiger charge is 2.29. The topological polar surface area (TPSA) is 48.5 Å². The van der Waals surface area contributed by atoms with E-state index in [9.17, 15) is 4.79 Å². The van der Waals surface area contributed by atoms with Crippen molar-refractivity contribution in [3.05, 3.63) is 82.3 Å². The molecule has 1 atom stereocenters. The summed E-state index contributed by atoms with van der Waals surface area (Å²) >= 11 is 1.62. The Bertz CT molecular complexity index is 939. The van der Waals surface area contributed by atoms with Crippen LogP contribution in [0.4, 0.5) is 5.69 Å². The number of aromatic nitrogens is 1. The van der Waals surface area contributed by atoms with Crippen molar-refractivity contribution < 1.29 is 4.79 Å². The van der Waals surface area contributed by atoms with E-state index in [1.54, 1.807) is 11.3 Å². The van der Waals surface area contributed by atoms with Gasteiger partial charge in [-0.05, 0) is 56.2 Å². The number of thiazole rings is 1. The van der Waals surface area contributed by atoms with Gasteiger partial charge in [-0.15, -0.1) is 11.3 Å². The summed E-state index contributed by atoms with van der Waals surface area (Å²) in [6, 6.07) is 18.0. The lowest BCUT2D eigenvalue weighted by molar-refractivity contribution is -0.121. The third-order valence-corrected chi connectivity index (χ3v) is 6.07. The average molecular weight is 421 g/mol. The summed E-state index contributed by atoms with van der Waals surface area (Å²) in [4.78, 5) is 22.1. The van der Waals surface area contributed by atoms with E-state index in [-0.39, 0.29) is 11.9 Å². The zero-order chi connectivity index (χ0) is 20.8. The fourth-order valence-electron chi connectivity index (χ4n) is 4.08. The van der Waals surface area contributed by atoms with Crippen LogP contribution >= 0.6 is 11.3 Å². The van der Waals surface area contributed by atoms with Gasteiger partial charge in [0.05, 0.1) is 11.2 Å². The minimum atomic E-state index is -0.246. The molecule has 30 heavy (non-hydrogen) atoms. The van der Waals surface area contributed by atoms with Gasteiger partial charge in [0.1, 0.15) is 6.04 Å². The standard InChI is InChI=1S/C24H28N4OS/c1-27(16-22-17-30-18-25-22)15-19-8-7-11-21(14-19)26-24(29)23(28-12-5-6-13-28)20-9-3-2-4-10-20/h2-4,7-11,14,17-18,23H,5-6,12-13,15-16H2,1H3,(H,26,29). The minimum Gasteiger partial charge on any atom is -0.324 e. The summed E-state index contributed by atoms with van der Waals surface area (Å²) < 4.78 is 0. The fourth-order valence-corrected chi connectivity index (χ4v) is 4.63. The highest BCUT2D eigenvalue weighted by Crippen LogP contribution is 2.27. The summed E-state index contributed by atoms with van der Waals surface area (Å²) in [6.45, 7) is 3.55. The number of carbonyl (C=O) groups excluding carboxylic acids is 1. The lowest BCUT2D eigenvalue weighted by Crippen LogP contribution is -2.35. The molecule has 1 unspecified atom stereocenters. The first-order valence-corrected chi connectivity index (χ1v) is 11.4. The lowest BCUT2D eigenvalue weighted by atomic mass is 10.0. The van der Waals surface area contributed by atoms with E-state index >= 15 is 0 Å². The van der Waals surface area contributed by atoms with Gasteiger partial charge < -0.3 is 5.32 Å². The van der Waals surface area contributed by atoms with Gasteiger partial charge in [-0.1, -0.05) is 42.5 Å². The Kier molecular flexibility index (Phi) is 6.89. The molecule has 0 spiro atoms. The maximum atomic E-state index is 13.3. The van der Waals surface area contributed by atoms with Crippen molar-refractivity contribution >= 4 is 22.9 Å². The van der Waals surface area contributed by atoms with Gasteiger partial charge in [0.2, 0.25) is 5.91 Å². The largest absolute Gasteiger partial charge is 0.324 e. The first-order chi connectivity index (χ1) is 14.7. The Balaban J connectivity index is 1.44. The van der Waals surface area contributed by atoms with Crippen LogP contribution in [0.5, 0.6) is 0 Å². The third kappa shape index (κ3) is 5.33. The number of hydrogen-bond donors (Lipinski definition) is 1. The van der Waals surface area contributed by atoms with Crippen LogP contribution < -0.4 is 5.32 Å². The van der Waals surface area contributed by atoms with Crippen LogP contribution in [0.2, 0.25) is 0 Å². The van der Waals surface area contributed by atoms with Crippen molar-refractivity contribution in [2.45, 2.75) is 32.0 Å². The number of carbonyl (C=O) groups is 1. The van der Waals surface area contributed by atoms with Crippen molar-refractivity contribution in [3.63, 3.8) is 0 Å². The molecule has 1 aliphatic heterocycles. The molecule has 5 nitrogen and oxygen atoms in total. The first-order valence-electron chi connectivity index (χ1n) is 10.4. The van der Waals surface area contributed by atoms with E-state index < -0.39 is 0 Å². The van der Waals surface area contributed by atoms with Gasteiger partial charge in [0, 0.05) is 24.2 Å². The zero-order valence-electron chi connectivity index (χ0n) is 17.3. The molecule has 0 saturated carbocycles. The number of amides is 1. The van der Waals surface area contributed by atoms with E-state index in [0.717, 1.165) is 56.0 Å². The number of anilines is 1. The van der Waals surface area contributed by atoms with E-state index in [1.807, 2.05) is 48.0 Å². The smallest absolute Gasteiger partial charge is 0.246 e. The van der Waals surface area contributed by atoms with Gasteiger partial charge in [0.25, 0.3) is 0 Å². The molecule has 2 aromatic carbocycles. The first kappa shape index (κ1) is 20.7. The van der Waals surface area contributed by atoms with Crippen LogP contribution in [0.3, 0.4) is 0 Å². The molecule has 1 aliphatic rings. The molecule has 1 saturated heterocycles. The summed E-state index contributed by atoms with van der Waals surface area (Å²) in [6.07, 6.45) is 2.30. The van der Waals surface area contributed by atoms with Crippen LogP contribution in [-0.4, -0.2) is 40.8 Å². The Hall–Kier alpha value is -2.54.